The van der Waals surface area contributed by atoms with E-state index in [1.54, 1.807) is 21.9 Å². The van der Waals surface area contributed by atoms with Crippen LogP contribution >= 0.6 is 11.3 Å². The smallest absolute Gasteiger partial charge is 0.338 e. The zero-order valence-electron chi connectivity index (χ0n) is 15.7. The van der Waals surface area contributed by atoms with E-state index in [9.17, 15) is 14.4 Å². The Labute approximate surface area is 172 Å². The minimum absolute atomic E-state index is 0.0111. The molecule has 2 amide bonds. The number of esters is 1. The fourth-order valence-corrected chi connectivity index (χ4v) is 3.95. The van der Waals surface area contributed by atoms with Gasteiger partial charge >= 0.3 is 5.97 Å². The highest BCUT2D eigenvalue weighted by Gasteiger charge is 2.26. The molecule has 0 N–H and O–H groups in total. The van der Waals surface area contributed by atoms with Gasteiger partial charge in [-0.25, -0.2) is 4.79 Å². The Morgan fingerprint density at radius 2 is 1.76 bits per heavy atom. The van der Waals surface area contributed by atoms with E-state index < -0.39 is 5.97 Å². The van der Waals surface area contributed by atoms with Crippen molar-refractivity contribution in [1.82, 2.24) is 9.80 Å². The predicted molar refractivity (Wildman–Crippen MR) is 108 cm³/mol. The largest absolute Gasteiger partial charge is 0.488 e. The summed E-state index contributed by atoms with van der Waals surface area (Å²) in [7, 11) is 0. The molecule has 0 bridgehead atoms. The molecule has 0 atom stereocenters. The second kappa shape index (κ2) is 8.48. The lowest BCUT2D eigenvalue weighted by Gasteiger charge is -2.34. The number of thiophene rings is 1. The van der Waals surface area contributed by atoms with Gasteiger partial charge in [-0.05, 0) is 23.6 Å². The summed E-state index contributed by atoms with van der Waals surface area (Å²) in [5.74, 6) is -0.114. The highest BCUT2D eigenvalue weighted by Crippen LogP contribution is 2.26. The summed E-state index contributed by atoms with van der Waals surface area (Å²) in [4.78, 5) is 41.1. The fourth-order valence-electron chi connectivity index (χ4n) is 3.26. The SMILES string of the molecule is O=C(OCC(=O)N1CCN(C(=O)c2cccs2)CC1)C1=Cc2ccccc2OC1. The molecule has 8 heteroatoms. The van der Waals surface area contributed by atoms with E-state index in [0.29, 0.717) is 36.6 Å². The number of fused-ring (bicyclic) bond motifs is 1. The minimum Gasteiger partial charge on any atom is -0.488 e. The number of carbonyl (C=O) groups excluding carboxylic acids is 3. The van der Waals surface area contributed by atoms with E-state index in [1.807, 2.05) is 35.7 Å². The zero-order valence-corrected chi connectivity index (χ0v) is 16.5. The molecular formula is C21H20N2O5S. The summed E-state index contributed by atoms with van der Waals surface area (Å²) in [5, 5.41) is 1.87. The molecule has 1 aromatic carbocycles. The van der Waals surface area contributed by atoms with Crippen LogP contribution in [0.3, 0.4) is 0 Å². The van der Waals surface area contributed by atoms with Crippen molar-refractivity contribution in [2.45, 2.75) is 0 Å². The number of nitrogens with zero attached hydrogens (tertiary/aromatic N) is 2. The predicted octanol–water partition coefficient (Wildman–Crippen LogP) is 2.05. The van der Waals surface area contributed by atoms with Crippen LogP contribution in [0, 0.1) is 0 Å². The van der Waals surface area contributed by atoms with Crippen LogP contribution in [0.25, 0.3) is 6.08 Å². The molecule has 150 valence electrons. The van der Waals surface area contributed by atoms with Crippen molar-refractivity contribution in [2.24, 2.45) is 0 Å². The first kappa shape index (κ1) is 19.2. The molecule has 1 fully saturated rings. The summed E-state index contributed by atoms with van der Waals surface area (Å²) >= 11 is 1.41. The quantitative estimate of drug-likeness (QED) is 0.719. The van der Waals surface area contributed by atoms with Crippen LogP contribution in [0.1, 0.15) is 15.2 Å². The van der Waals surface area contributed by atoms with Crippen molar-refractivity contribution >= 4 is 35.2 Å². The lowest BCUT2D eigenvalue weighted by molar-refractivity contribution is -0.149. The van der Waals surface area contributed by atoms with Gasteiger partial charge in [0.25, 0.3) is 11.8 Å². The van der Waals surface area contributed by atoms with Gasteiger partial charge in [-0.15, -0.1) is 11.3 Å². The van der Waals surface area contributed by atoms with Gasteiger partial charge in [0.2, 0.25) is 0 Å². The first-order valence-corrected chi connectivity index (χ1v) is 10.2. The van der Waals surface area contributed by atoms with Crippen LogP contribution in [-0.2, 0) is 14.3 Å². The van der Waals surface area contributed by atoms with Gasteiger partial charge in [0.15, 0.2) is 6.61 Å². The second-order valence-electron chi connectivity index (χ2n) is 6.72. The molecule has 0 radical (unpaired) electrons. The molecule has 3 heterocycles. The molecule has 2 aliphatic rings. The summed E-state index contributed by atoms with van der Waals surface area (Å²) in [6, 6.07) is 11.1. The molecule has 0 aliphatic carbocycles. The van der Waals surface area contributed by atoms with Gasteiger partial charge in [0, 0.05) is 31.7 Å². The van der Waals surface area contributed by atoms with Crippen LogP contribution < -0.4 is 4.74 Å². The highest BCUT2D eigenvalue weighted by molar-refractivity contribution is 7.12. The number of benzene rings is 1. The van der Waals surface area contributed by atoms with Crippen molar-refractivity contribution in [2.75, 3.05) is 39.4 Å². The Morgan fingerprint density at radius 1 is 1.00 bits per heavy atom. The molecule has 2 aliphatic heterocycles. The number of amides is 2. The van der Waals surface area contributed by atoms with Crippen molar-refractivity contribution < 1.29 is 23.9 Å². The Bertz CT molecular complexity index is 946. The van der Waals surface area contributed by atoms with E-state index in [2.05, 4.69) is 0 Å². The number of carbonyl (C=O) groups is 3. The molecule has 0 unspecified atom stereocenters. The topological polar surface area (TPSA) is 76.2 Å². The first-order chi connectivity index (χ1) is 14.1. The van der Waals surface area contributed by atoms with Gasteiger partial charge in [-0.3, -0.25) is 9.59 Å². The molecule has 1 aromatic heterocycles. The van der Waals surface area contributed by atoms with Gasteiger partial charge in [0.1, 0.15) is 12.4 Å². The molecule has 1 saturated heterocycles. The lowest BCUT2D eigenvalue weighted by atomic mass is 10.1. The van der Waals surface area contributed by atoms with Crippen LogP contribution in [0.2, 0.25) is 0 Å². The van der Waals surface area contributed by atoms with Crippen molar-refractivity contribution in [1.29, 1.82) is 0 Å². The Kier molecular flexibility index (Phi) is 5.62. The Morgan fingerprint density at radius 3 is 2.52 bits per heavy atom. The van der Waals surface area contributed by atoms with Gasteiger partial charge < -0.3 is 19.3 Å². The van der Waals surface area contributed by atoms with E-state index in [0.717, 1.165) is 11.3 Å². The van der Waals surface area contributed by atoms with Crippen LogP contribution in [0.5, 0.6) is 5.75 Å². The average Bonchev–Trinajstić information content (AvgIpc) is 3.31. The highest BCUT2D eigenvalue weighted by atomic mass is 32.1. The minimum atomic E-state index is -0.556. The monoisotopic (exact) mass is 412 g/mol. The fraction of sp³-hybridized carbons (Fsp3) is 0.286. The number of hydrogen-bond donors (Lipinski definition) is 0. The lowest BCUT2D eigenvalue weighted by Crippen LogP contribution is -2.51. The molecule has 0 saturated carbocycles. The van der Waals surface area contributed by atoms with Crippen LogP contribution in [0.4, 0.5) is 0 Å². The maximum Gasteiger partial charge on any atom is 0.338 e. The average molecular weight is 412 g/mol. The zero-order chi connectivity index (χ0) is 20.2. The molecule has 0 spiro atoms. The number of ether oxygens (including phenoxy) is 2. The summed E-state index contributed by atoms with van der Waals surface area (Å²) in [6.45, 7) is 1.57. The van der Waals surface area contributed by atoms with Crippen molar-refractivity contribution in [3.63, 3.8) is 0 Å². The molecule has 29 heavy (non-hydrogen) atoms. The second-order valence-corrected chi connectivity index (χ2v) is 7.67. The number of para-hydroxylation sites is 1. The Hall–Kier alpha value is -3.13. The van der Waals surface area contributed by atoms with E-state index in [1.165, 1.54) is 11.3 Å². The van der Waals surface area contributed by atoms with Gasteiger partial charge in [0.05, 0.1) is 10.5 Å². The molecular weight excluding hydrogens is 392 g/mol. The maximum atomic E-state index is 12.4. The number of hydrogen-bond acceptors (Lipinski definition) is 6. The first-order valence-electron chi connectivity index (χ1n) is 9.32. The summed E-state index contributed by atoms with van der Waals surface area (Å²) in [6.07, 6.45) is 1.72. The number of piperazine rings is 1. The number of rotatable bonds is 4. The van der Waals surface area contributed by atoms with Crippen LogP contribution in [0.15, 0.2) is 47.4 Å². The van der Waals surface area contributed by atoms with E-state index in [4.69, 9.17) is 9.47 Å². The standard InChI is InChI=1S/C21H20N2O5S/c24-19(22-7-9-23(10-8-22)20(25)18-6-3-11-29-18)14-28-21(26)16-12-15-4-1-2-5-17(15)27-13-16/h1-6,11-12H,7-10,13-14H2. The van der Waals surface area contributed by atoms with E-state index in [-0.39, 0.29) is 25.0 Å². The van der Waals surface area contributed by atoms with Crippen molar-refractivity contribution in [3.8, 4) is 5.75 Å². The third-order valence-corrected chi connectivity index (χ3v) is 5.73. The third-order valence-electron chi connectivity index (χ3n) is 4.87. The molecule has 7 nitrogen and oxygen atoms in total. The molecule has 4 rings (SSSR count). The normalized spacial score (nSPS) is 15.8. The van der Waals surface area contributed by atoms with Crippen molar-refractivity contribution in [3.05, 3.63) is 57.8 Å². The Balaban J connectivity index is 1.26. The summed E-state index contributed by atoms with van der Waals surface area (Å²) in [5.41, 5.74) is 1.19. The van der Waals surface area contributed by atoms with E-state index >= 15 is 0 Å². The third kappa shape index (κ3) is 4.32. The summed E-state index contributed by atoms with van der Waals surface area (Å²) < 4.78 is 10.7. The van der Waals surface area contributed by atoms with Gasteiger partial charge in [-0.1, -0.05) is 24.3 Å². The van der Waals surface area contributed by atoms with Gasteiger partial charge in [-0.2, -0.15) is 0 Å². The maximum absolute atomic E-state index is 12.4. The molecule has 2 aromatic rings. The van der Waals surface area contributed by atoms with Crippen LogP contribution in [-0.4, -0.2) is 67.0 Å².